The number of hydrogen-bond acceptors (Lipinski definition) is 5. The predicted octanol–water partition coefficient (Wildman–Crippen LogP) is 2.99. The standard InChI is InChI=1S/C23H30N6/c1-26-12-14-28(15-13-26)22-10-4-9-21-25-19(17-29(21)22)16-27(2)20-8-3-6-18-7-5-11-24-23(18)20/h4-5,7,9-11,17,20H,3,6,8,12-16H2,1-2H3/t20-/m1/s1. The third-order valence-corrected chi connectivity index (χ3v) is 6.46. The summed E-state index contributed by atoms with van der Waals surface area (Å²) in [6.07, 6.45) is 7.70. The van der Waals surface area contributed by atoms with Crippen molar-refractivity contribution in [3.63, 3.8) is 0 Å². The molecule has 2 aliphatic rings. The number of likely N-dealkylation sites (N-methyl/N-ethyl adjacent to an activating group) is 1. The highest BCUT2D eigenvalue weighted by Gasteiger charge is 2.25. The van der Waals surface area contributed by atoms with Crippen LogP contribution < -0.4 is 4.90 Å². The van der Waals surface area contributed by atoms with Crippen LogP contribution in [-0.4, -0.2) is 64.4 Å². The maximum atomic E-state index is 4.94. The molecule has 5 rings (SSSR count). The Morgan fingerprint density at radius 2 is 1.97 bits per heavy atom. The molecule has 6 nitrogen and oxygen atoms in total. The van der Waals surface area contributed by atoms with Crippen LogP contribution >= 0.6 is 0 Å². The van der Waals surface area contributed by atoms with Gasteiger partial charge >= 0.3 is 0 Å². The Morgan fingerprint density at radius 3 is 2.83 bits per heavy atom. The van der Waals surface area contributed by atoms with Crippen LogP contribution in [0, 0.1) is 0 Å². The molecular formula is C23H30N6. The second kappa shape index (κ2) is 7.76. The molecule has 152 valence electrons. The third kappa shape index (κ3) is 3.63. The van der Waals surface area contributed by atoms with Gasteiger partial charge in [-0.1, -0.05) is 12.1 Å². The van der Waals surface area contributed by atoms with Gasteiger partial charge in [-0.3, -0.25) is 14.3 Å². The number of imidazole rings is 1. The minimum Gasteiger partial charge on any atom is -0.355 e. The van der Waals surface area contributed by atoms with E-state index in [0.29, 0.717) is 6.04 Å². The van der Waals surface area contributed by atoms with Crippen molar-refractivity contribution in [1.29, 1.82) is 0 Å². The molecule has 0 N–H and O–H groups in total. The zero-order valence-electron chi connectivity index (χ0n) is 17.5. The molecule has 1 aliphatic heterocycles. The van der Waals surface area contributed by atoms with E-state index < -0.39 is 0 Å². The zero-order valence-corrected chi connectivity index (χ0v) is 17.5. The molecule has 0 amide bonds. The van der Waals surface area contributed by atoms with Gasteiger partial charge in [0.05, 0.1) is 17.4 Å². The first-order valence-corrected chi connectivity index (χ1v) is 10.7. The Balaban J connectivity index is 1.38. The van der Waals surface area contributed by atoms with Gasteiger partial charge in [-0.2, -0.15) is 0 Å². The van der Waals surface area contributed by atoms with Crippen LogP contribution in [0.1, 0.15) is 35.8 Å². The fraction of sp³-hybridized carbons (Fsp3) is 0.478. The van der Waals surface area contributed by atoms with Crippen LogP contribution in [0.25, 0.3) is 5.65 Å². The highest BCUT2D eigenvalue weighted by Crippen LogP contribution is 2.32. The molecule has 0 radical (unpaired) electrons. The van der Waals surface area contributed by atoms with E-state index in [1.165, 1.54) is 29.9 Å². The van der Waals surface area contributed by atoms with Gasteiger partial charge in [0.15, 0.2) is 0 Å². The van der Waals surface area contributed by atoms with E-state index in [-0.39, 0.29) is 0 Å². The summed E-state index contributed by atoms with van der Waals surface area (Å²) in [5, 5.41) is 0. The predicted molar refractivity (Wildman–Crippen MR) is 116 cm³/mol. The van der Waals surface area contributed by atoms with E-state index >= 15 is 0 Å². The molecule has 0 saturated carbocycles. The summed E-state index contributed by atoms with van der Waals surface area (Å²) in [7, 11) is 4.40. The van der Waals surface area contributed by atoms with Crippen LogP contribution in [0.4, 0.5) is 5.82 Å². The Labute approximate surface area is 172 Å². The van der Waals surface area contributed by atoms with Crippen molar-refractivity contribution in [2.45, 2.75) is 31.8 Å². The number of anilines is 1. The van der Waals surface area contributed by atoms with E-state index in [0.717, 1.165) is 50.5 Å². The molecule has 6 heteroatoms. The number of nitrogens with zero attached hydrogens (tertiary/aromatic N) is 6. The van der Waals surface area contributed by atoms with Gasteiger partial charge in [-0.15, -0.1) is 0 Å². The summed E-state index contributed by atoms with van der Waals surface area (Å²) in [6, 6.07) is 11.1. The Morgan fingerprint density at radius 1 is 1.10 bits per heavy atom. The van der Waals surface area contributed by atoms with Crippen molar-refractivity contribution in [3.05, 3.63) is 59.7 Å². The lowest BCUT2D eigenvalue weighted by Gasteiger charge is -2.34. The molecule has 1 saturated heterocycles. The van der Waals surface area contributed by atoms with Gasteiger partial charge in [-0.25, -0.2) is 4.98 Å². The van der Waals surface area contributed by atoms with Gasteiger partial charge < -0.3 is 9.80 Å². The van der Waals surface area contributed by atoms with Gasteiger partial charge in [-0.05, 0) is 57.1 Å². The Hall–Kier alpha value is -2.44. The van der Waals surface area contributed by atoms with Crippen molar-refractivity contribution in [2.24, 2.45) is 0 Å². The van der Waals surface area contributed by atoms with Crippen LogP contribution in [0.3, 0.4) is 0 Å². The third-order valence-electron chi connectivity index (χ3n) is 6.46. The number of pyridine rings is 2. The summed E-state index contributed by atoms with van der Waals surface area (Å²) in [6.45, 7) is 5.18. The summed E-state index contributed by atoms with van der Waals surface area (Å²) in [4.78, 5) is 16.9. The molecule has 3 aromatic heterocycles. The first-order valence-electron chi connectivity index (χ1n) is 10.7. The normalized spacial score (nSPS) is 20.4. The maximum absolute atomic E-state index is 4.94. The maximum Gasteiger partial charge on any atom is 0.138 e. The topological polar surface area (TPSA) is 39.9 Å². The second-order valence-electron chi connectivity index (χ2n) is 8.51. The molecule has 0 spiro atoms. The molecule has 1 aliphatic carbocycles. The van der Waals surface area contributed by atoms with Crippen molar-refractivity contribution in [2.75, 3.05) is 45.2 Å². The first-order chi connectivity index (χ1) is 14.2. The van der Waals surface area contributed by atoms with Crippen LogP contribution in [0.5, 0.6) is 0 Å². The SMILES string of the molecule is CN1CCN(c2cccc3nc(CN(C)[C@@H]4CCCc5cccnc54)cn23)CC1. The molecule has 1 atom stereocenters. The van der Waals surface area contributed by atoms with Crippen molar-refractivity contribution in [1.82, 2.24) is 24.2 Å². The molecule has 0 bridgehead atoms. The van der Waals surface area contributed by atoms with Gasteiger partial charge in [0.2, 0.25) is 0 Å². The second-order valence-corrected chi connectivity index (χ2v) is 8.51. The lowest BCUT2D eigenvalue weighted by molar-refractivity contribution is 0.206. The lowest BCUT2D eigenvalue weighted by atomic mass is 9.91. The van der Waals surface area contributed by atoms with Crippen molar-refractivity contribution < 1.29 is 0 Å². The van der Waals surface area contributed by atoms with Crippen LogP contribution in [0.2, 0.25) is 0 Å². The average Bonchev–Trinajstić information content (AvgIpc) is 3.16. The van der Waals surface area contributed by atoms with Crippen molar-refractivity contribution in [3.8, 4) is 0 Å². The van der Waals surface area contributed by atoms with E-state index in [1.54, 1.807) is 0 Å². The van der Waals surface area contributed by atoms with Crippen molar-refractivity contribution >= 4 is 11.5 Å². The monoisotopic (exact) mass is 390 g/mol. The highest BCUT2D eigenvalue weighted by atomic mass is 15.3. The molecule has 3 aromatic rings. The number of rotatable bonds is 4. The fourth-order valence-corrected chi connectivity index (χ4v) is 4.80. The Kier molecular flexibility index (Phi) is 4.97. The number of hydrogen-bond donors (Lipinski definition) is 0. The quantitative estimate of drug-likeness (QED) is 0.685. The first kappa shape index (κ1) is 18.6. The van der Waals surface area contributed by atoms with E-state index in [2.05, 4.69) is 69.7 Å². The smallest absolute Gasteiger partial charge is 0.138 e. The highest BCUT2D eigenvalue weighted by molar-refractivity contribution is 5.53. The number of aromatic nitrogens is 3. The Bertz CT molecular complexity index is 988. The summed E-state index contributed by atoms with van der Waals surface area (Å²) >= 11 is 0. The van der Waals surface area contributed by atoms with Crippen LogP contribution in [0.15, 0.2) is 42.7 Å². The lowest BCUT2D eigenvalue weighted by Crippen LogP contribution is -2.45. The van der Waals surface area contributed by atoms with E-state index in [1.807, 2.05) is 6.20 Å². The summed E-state index contributed by atoms with van der Waals surface area (Å²) < 4.78 is 2.27. The average molecular weight is 391 g/mol. The minimum absolute atomic E-state index is 0.377. The molecule has 29 heavy (non-hydrogen) atoms. The molecular weight excluding hydrogens is 360 g/mol. The van der Waals surface area contributed by atoms with E-state index in [9.17, 15) is 0 Å². The number of piperazine rings is 1. The number of fused-ring (bicyclic) bond motifs is 2. The minimum atomic E-state index is 0.377. The molecule has 1 fully saturated rings. The zero-order chi connectivity index (χ0) is 19.8. The van der Waals surface area contributed by atoms with Crippen LogP contribution in [-0.2, 0) is 13.0 Å². The largest absolute Gasteiger partial charge is 0.355 e. The van der Waals surface area contributed by atoms with E-state index in [4.69, 9.17) is 9.97 Å². The molecule has 4 heterocycles. The molecule has 0 aromatic carbocycles. The van der Waals surface area contributed by atoms with Gasteiger partial charge in [0, 0.05) is 45.1 Å². The molecule has 0 unspecified atom stereocenters. The van der Waals surface area contributed by atoms with Gasteiger partial charge in [0.25, 0.3) is 0 Å². The summed E-state index contributed by atoms with van der Waals surface area (Å²) in [5.41, 5.74) is 4.82. The van der Waals surface area contributed by atoms with Gasteiger partial charge in [0.1, 0.15) is 11.5 Å². The fourth-order valence-electron chi connectivity index (χ4n) is 4.80. The number of aryl methyl sites for hydroxylation is 1. The summed E-state index contributed by atoms with van der Waals surface area (Å²) in [5.74, 6) is 1.25.